The van der Waals surface area contributed by atoms with Gasteiger partial charge in [0, 0.05) is 13.2 Å². The van der Waals surface area contributed by atoms with E-state index in [2.05, 4.69) is 36.2 Å². The number of hydrogen-bond donors (Lipinski definition) is 2. The lowest BCUT2D eigenvalue weighted by Gasteiger charge is -2.16. The molecule has 0 radical (unpaired) electrons. The number of nitrogens with zero attached hydrogens (tertiary/aromatic N) is 3. The lowest BCUT2D eigenvalue weighted by Crippen LogP contribution is -2.25. The van der Waals surface area contributed by atoms with Gasteiger partial charge in [0.25, 0.3) is 0 Å². The van der Waals surface area contributed by atoms with Gasteiger partial charge in [0.1, 0.15) is 12.1 Å². The van der Waals surface area contributed by atoms with Crippen molar-refractivity contribution in [2.24, 2.45) is 23.9 Å². The monoisotopic (exact) mass is 345 g/mol. The molecule has 6 heteroatoms. The first kappa shape index (κ1) is 21.0. The molecule has 0 aliphatic heterocycles. The van der Waals surface area contributed by atoms with E-state index in [1.807, 2.05) is 13.1 Å². The molecular weight excluding hydrogens is 314 g/mol. The van der Waals surface area contributed by atoms with Crippen LogP contribution in [0.5, 0.6) is 0 Å². The fraction of sp³-hybridized carbons (Fsp3) is 0.579. The van der Waals surface area contributed by atoms with Crippen molar-refractivity contribution in [1.82, 2.24) is 15.1 Å². The first-order valence-corrected chi connectivity index (χ1v) is 8.82. The first-order chi connectivity index (χ1) is 11.8. The number of hydrogen-bond acceptors (Lipinski definition) is 4. The molecule has 1 aromatic heterocycles. The SMILES string of the molecule is CC(=N)N=C(/C(=C/C=O)CCNC[C@H](C)CC(C)C)c1ccnn1C. The van der Waals surface area contributed by atoms with Crippen LogP contribution < -0.4 is 5.32 Å². The molecule has 0 bridgehead atoms. The molecule has 0 spiro atoms. The third-order valence-electron chi connectivity index (χ3n) is 3.85. The standard InChI is InChI=1S/C19H31N5O/c1-14(2)12-15(3)13-21-9-6-17(8-11-25)19(23-16(4)20)18-7-10-22-24(18)5/h7-8,10-11,14-15,20-21H,6,9,12-13H2,1-5H3/b17-8+,20-16?,23-19?/t15-/m1/s1. The molecule has 1 atom stereocenters. The minimum atomic E-state index is 0.200. The molecule has 138 valence electrons. The molecule has 0 aliphatic carbocycles. The van der Waals surface area contributed by atoms with Crippen LogP contribution in [0.2, 0.25) is 0 Å². The van der Waals surface area contributed by atoms with E-state index in [1.54, 1.807) is 17.8 Å². The predicted molar refractivity (Wildman–Crippen MR) is 103 cm³/mol. The molecule has 0 amide bonds. The third-order valence-corrected chi connectivity index (χ3v) is 3.85. The van der Waals surface area contributed by atoms with Crippen molar-refractivity contribution < 1.29 is 4.79 Å². The number of carbonyl (C=O) groups excluding carboxylic acids is 1. The van der Waals surface area contributed by atoms with Gasteiger partial charge in [0.2, 0.25) is 0 Å². The molecule has 25 heavy (non-hydrogen) atoms. The Hall–Kier alpha value is -2.08. The molecule has 0 saturated heterocycles. The van der Waals surface area contributed by atoms with E-state index in [1.165, 1.54) is 12.5 Å². The van der Waals surface area contributed by atoms with Crippen LogP contribution in [0.3, 0.4) is 0 Å². The minimum Gasteiger partial charge on any atom is -0.316 e. The molecule has 1 aromatic rings. The summed E-state index contributed by atoms with van der Waals surface area (Å²) in [5.41, 5.74) is 2.25. The number of aldehydes is 1. The van der Waals surface area contributed by atoms with E-state index in [0.29, 0.717) is 24.0 Å². The number of aryl methyl sites for hydroxylation is 1. The second-order valence-corrected chi connectivity index (χ2v) is 6.90. The van der Waals surface area contributed by atoms with Gasteiger partial charge >= 0.3 is 0 Å². The zero-order valence-electron chi connectivity index (χ0n) is 16.0. The van der Waals surface area contributed by atoms with Crippen molar-refractivity contribution in [1.29, 1.82) is 5.41 Å². The Morgan fingerprint density at radius 2 is 2.16 bits per heavy atom. The van der Waals surface area contributed by atoms with E-state index in [-0.39, 0.29) is 5.84 Å². The van der Waals surface area contributed by atoms with Gasteiger partial charge < -0.3 is 5.32 Å². The maximum Gasteiger partial charge on any atom is 0.143 e. The molecule has 0 saturated carbocycles. The maximum absolute atomic E-state index is 11.1. The number of nitrogens with one attached hydrogen (secondary N) is 2. The number of aromatic nitrogens is 2. The first-order valence-electron chi connectivity index (χ1n) is 8.82. The summed E-state index contributed by atoms with van der Waals surface area (Å²) in [4.78, 5) is 15.4. The van der Waals surface area contributed by atoms with Crippen molar-refractivity contribution in [3.63, 3.8) is 0 Å². The number of rotatable bonds is 10. The van der Waals surface area contributed by atoms with Crippen LogP contribution in [0.15, 0.2) is 28.9 Å². The number of aliphatic imine (C=N–C) groups is 1. The molecule has 0 fully saturated rings. The van der Waals surface area contributed by atoms with Gasteiger partial charge in [-0.15, -0.1) is 0 Å². The average Bonchev–Trinajstić information content (AvgIpc) is 2.93. The zero-order chi connectivity index (χ0) is 18.8. The predicted octanol–water partition coefficient (Wildman–Crippen LogP) is 2.99. The average molecular weight is 345 g/mol. The molecule has 0 aliphatic rings. The number of allylic oxidation sites excluding steroid dienone is 1. The summed E-state index contributed by atoms with van der Waals surface area (Å²) in [5.74, 6) is 1.51. The summed E-state index contributed by atoms with van der Waals surface area (Å²) in [7, 11) is 1.83. The molecule has 2 N–H and O–H groups in total. The second kappa shape index (κ2) is 10.7. The quantitative estimate of drug-likeness (QED) is 0.225. The Kier molecular flexibility index (Phi) is 8.99. The molecule has 1 rings (SSSR count). The number of amidine groups is 1. The van der Waals surface area contributed by atoms with E-state index in [0.717, 1.165) is 30.6 Å². The fourth-order valence-corrected chi connectivity index (χ4v) is 2.89. The van der Waals surface area contributed by atoms with E-state index in [4.69, 9.17) is 5.41 Å². The smallest absolute Gasteiger partial charge is 0.143 e. The van der Waals surface area contributed by atoms with Crippen molar-refractivity contribution in [3.8, 4) is 0 Å². The lowest BCUT2D eigenvalue weighted by molar-refractivity contribution is -0.104. The highest BCUT2D eigenvalue weighted by Gasteiger charge is 2.14. The summed E-state index contributed by atoms with van der Waals surface area (Å²) in [5, 5.41) is 15.3. The molecule has 0 aromatic carbocycles. The fourth-order valence-electron chi connectivity index (χ4n) is 2.89. The van der Waals surface area contributed by atoms with Crippen LogP contribution in [-0.4, -0.2) is 40.7 Å². The largest absolute Gasteiger partial charge is 0.316 e. The normalized spacial score (nSPS) is 14.0. The molecule has 1 heterocycles. The van der Waals surface area contributed by atoms with Crippen LogP contribution in [0.1, 0.15) is 46.2 Å². The van der Waals surface area contributed by atoms with Gasteiger partial charge in [0.15, 0.2) is 0 Å². The third kappa shape index (κ3) is 7.56. The van der Waals surface area contributed by atoms with Gasteiger partial charge in [-0.05, 0) is 62.4 Å². The van der Waals surface area contributed by atoms with Crippen LogP contribution in [-0.2, 0) is 11.8 Å². The Balaban J connectivity index is 2.80. The van der Waals surface area contributed by atoms with E-state index >= 15 is 0 Å². The Morgan fingerprint density at radius 3 is 2.68 bits per heavy atom. The minimum absolute atomic E-state index is 0.200. The van der Waals surface area contributed by atoms with Gasteiger partial charge in [-0.2, -0.15) is 5.10 Å². The molecule has 0 unspecified atom stereocenters. The van der Waals surface area contributed by atoms with Crippen LogP contribution in [0, 0.1) is 17.2 Å². The van der Waals surface area contributed by atoms with Crippen LogP contribution >= 0.6 is 0 Å². The Labute approximate surface area is 150 Å². The van der Waals surface area contributed by atoms with Crippen molar-refractivity contribution in [2.45, 2.75) is 40.5 Å². The molecule has 6 nitrogen and oxygen atoms in total. The summed E-state index contributed by atoms with van der Waals surface area (Å²) in [6.45, 7) is 10.1. The highest BCUT2D eigenvalue weighted by Crippen LogP contribution is 2.13. The van der Waals surface area contributed by atoms with Crippen LogP contribution in [0.4, 0.5) is 0 Å². The molecular formula is C19H31N5O. The summed E-state index contributed by atoms with van der Waals surface area (Å²) < 4.78 is 1.71. The van der Waals surface area contributed by atoms with Crippen LogP contribution in [0.25, 0.3) is 0 Å². The second-order valence-electron chi connectivity index (χ2n) is 6.90. The Bertz CT molecular complexity index is 628. The maximum atomic E-state index is 11.1. The van der Waals surface area contributed by atoms with Crippen molar-refractivity contribution >= 4 is 17.8 Å². The van der Waals surface area contributed by atoms with Crippen molar-refractivity contribution in [3.05, 3.63) is 29.6 Å². The van der Waals surface area contributed by atoms with Gasteiger partial charge in [-0.25, -0.2) is 4.99 Å². The summed E-state index contributed by atoms with van der Waals surface area (Å²) >= 11 is 0. The van der Waals surface area contributed by atoms with Gasteiger partial charge in [-0.3, -0.25) is 14.9 Å². The highest BCUT2D eigenvalue weighted by molar-refractivity contribution is 6.16. The lowest BCUT2D eigenvalue weighted by atomic mass is 9.98. The zero-order valence-corrected chi connectivity index (χ0v) is 16.0. The summed E-state index contributed by atoms with van der Waals surface area (Å²) in [6, 6.07) is 1.85. The topological polar surface area (TPSA) is 83.1 Å². The van der Waals surface area contributed by atoms with Gasteiger partial charge in [0.05, 0.1) is 11.4 Å². The van der Waals surface area contributed by atoms with E-state index in [9.17, 15) is 4.79 Å². The van der Waals surface area contributed by atoms with E-state index < -0.39 is 0 Å². The number of carbonyl (C=O) groups is 1. The highest BCUT2D eigenvalue weighted by atomic mass is 16.1. The Morgan fingerprint density at radius 1 is 1.44 bits per heavy atom. The summed E-state index contributed by atoms with van der Waals surface area (Å²) in [6.07, 6.45) is 5.87. The van der Waals surface area contributed by atoms with Gasteiger partial charge in [-0.1, -0.05) is 20.8 Å². The van der Waals surface area contributed by atoms with Crippen molar-refractivity contribution in [2.75, 3.05) is 13.1 Å².